The fourth-order valence-corrected chi connectivity index (χ4v) is 4.19. The first-order chi connectivity index (χ1) is 12.6. The number of rotatable bonds is 6. The maximum Gasteiger partial charge on any atom is 0.239 e. The molecule has 1 fully saturated rings. The highest BCUT2D eigenvalue weighted by Gasteiger charge is 2.26. The number of thiazole rings is 1. The van der Waals surface area contributed by atoms with Crippen LogP contribution in [0.15, 0.2) is 24.4 Å². The van der Waals surface area contributed by atoms with Crippen LogP contribution in [0.4, 0.5) is 10.9 Å². The van der Waals surface area contributed by atoms with Crippen LogP contribution >= 0.6 is 11.3 Å². The van der Waals surface area contributed by atoms with Crippen LogP contribution in [0, 0.1) is 0 Å². The minimum atomic E-state index is -0.423. The number of hydrogen-bond donors (Lipinski definition) is 2. The maximum atomic E-state index is 12.0. The molecule has 2 aromatic heterocycles. The second-order valence-corrected chi connectivity index (χ2v) is 7.96. The third kappa shape index (κ3) is 4.59. The van der Waals surface area contributed by atoms with Crippen molar-refractivity contribution in [1.29, 1.82) is 0 Å². The average Bonchev–Trinajstić information content (AvgIpc) is 3.08. The van der Waals surface area contributed by atoms with Crippen molar-refractivity contribution in [2.24, 2.45) is 5.73 Å². The summed E-state index contributed by atoms with van der Waals surface area (Å²) in [7, 11) is 0. The largest absolute Gasteiger partial charge is 0.341 e. The number of aryl methyl sites for hydroxylation is 1. The van der Waals surface area contributed by atoms with Crippen molar-refractivity contribution < 1.29 is 4.79 Å². The molecule has 26 heavy (non-hydrogen) atoms. The normalized spacial score (nSPS) is 16.5. The molecule has 1 amide bonds. The number of pyridine rings is 1. The van der Waals surface area contributed by atoms with E-state index in [0.29, 0.717) is 5.92 Å². The van der Waals surface area contributed by atoms with Crippen molar-refractivity contribution in [3.8, 4) is 0 Å². The zero-order valence-electron chi connectivity index (χ0n) is 15.4. The Hall–Kier alpha value is -1.99. The van der Waals surface area contributed by atoms with Gasteiger partial charge >= 0.3 is 0 Å². The molecule has 1 aliphatic heterocycles. The van der Waals surface area contributed by atoms with E-state index in [9.17, 15) is 4.79 Å². The molecule has 6 nitrogen and oxygen atoms in total. The summed E-state index contributed by atoms with van der Waals surface area (Å²) >= 11 is 1.68. The number of hydrogen-bond acceptors (Lipinski definition) is 6. The van der Waals surface area contributed by atoms with Crippen molar-refractivity contribution in [2.75, 3.05) is 18.4 Å². The number of likely N-dealkylation sites (tertiary alicyclic amines) is 1. The highest BCUT2D eigenvalue weighted by Crippen LogP contribution is 2.29. The fraction of sp³-hybridized carbons (Fsp3) is 0.526. The van der Waals surface area contributed by atoms with Crippen molar-refractivity contribution in [3.63, 3.8) is 0 Å². The van der Waals surface area contributed by atoms with E-state index in [-0.39, 0.29) is 5.91 Å². The molecule has 3 heterocycles. The van der Waals surface area contributed by atoms with Gasteiger partial charge in [-0.25, -0.2) is 9.97 Å². The fourth-order valence-electron chi connectivity index (χ4n) is 3.27. The summed E-state index contributed by atoms with van der Waals surface area (Å²) in [4.78, 5) is 24.4. The van der Waals surface area contributed by atoms with Gasteiger partial charge in [0, 0.05) is 35.8 Å². The summed E-state index contributed by atoms with van der Waals surface area (Å²) in [5.74, 6) is 1.24. The van der Waals surface area contributed by atoms with Gasteiger partial charge in [-0.15, -0.1) is 11.3 Å². The van der Waals surface area contributed by atoms with E-state index in [1.54, 1.807) is 18.3 Å². The van der Waals surface area contributed by atoms with E-state index in [4.69, 9.17) is 10.7 Å². The van der Waals surface area contributed by atoms with Gasteiger partial charge < -0.3 is 16.0 Å². The maximum absolute atomic E-state index is 12.0. The lowest BCUT2D eigenvalue weighted by Crippen LogP contribution is -2.45. The van der Waals surface area contributed by atoms with E-state index in [2.05, 4.69) is 23.3 Å². The van der Waals surface area contributed by atoms with Crippen molar-refractivity contribution in [2.45, 2.75) is 51.5 Å². The summed E-state index contributed by atoms with van der Waals surface area (Å²) in [5, 5.41) is 4.20. The van der Waals surface area contributed by atoms with Gasteiger partial charge in [-0.1, -0.05) is 19.4 Å². The smallest absolute Gasteiger partial charge is 0.239 e. The minimum absolute atomic E-state index is 0.0403. The van der Waals surface area contributed by atoms with Gasteiger partial charge in [-0.3, -0.25) is 4.79 Å². The first-order valence-corrected chi connectivity index (χ1v) is 10.1. The Kier molecular flexibility index (Phi) is 6.21. The Labute approximate surface area is 158 Å². The number of nitrogens with two attached hydrogens (primary N) is 1. The number of aromatic nitrogens is 2. The molecule has 140 valence electrons. The van der Waals surface area contributed by atoms with Gasteiger partial charge in [0.15, 0.2) is 5.13 Å². The molecule has 1 saturated heterocycles. The molecule has 2 aromatic rings. The predicted octanol–water partition coefficient (Wildman–Crippen LogP) is 3.29. The first kappa shape index (κ1) is 18.8. The van der Waals surface area contributed by atoms with Crippen LogP contribution in [0.5, 0.6) is 0 Å². The van der Waals surface area contributed by atoms with Crippen molar-refractivity contribution >= 4 is 28.2 Å². The second kappa shape index (κ2) is 8.60. The van der Waals surface area contributed by atoms with Gasteiger partial charge in [0.2, 0.25) is 5.91 Å². The zero-order chi connectivity index (χ0) is 18.5. The number of carbonyl (C=O) groups is 1. The summed E-state index contributed by atoms with van der Waals surface area (Å²) in [6, 6.07) is 5.65. The summed E-state index contributed by atoms with van der Waals surface area (Å²) < 4.78 is 0. The molecule has 3 N–H and O–H groups in total. The monoisotopic (exact) mass is 373 g/mol. The van der Waals surface area contributed by atoms with Gasteiger partial charge in [-0.2, -0.15) is 0 Å². The molecule has 0 aliphatic carbocycles. The molecule has 0 spiro atoms. The standard InChI is InChI=1S/C19H27N5OS/c1-3-5-15-12-21-19(26-15)23-17-7-4-6-16(22-17)14-8-10-24(11-9-14)18(25)13(2)20/h4,6-7,12-14H,3,5,8-11,20H2,1-2H3,(H,21,22,23)/t13-/m1/s1. The Morgan fingerprint density at radius 2 is 2.19 bits per heavy atom. The number of amides is 1. The molecule has 1 atom stereocenters. The minimum Gasteiger partial charge on any atom is -0.341 e. The predicted molar refractivity (Wildman–Crippen MR) is 106 cm³/mol. The molecule has 0 aromatic carbocycles. The Morgan fingerprint density at radius 3 is 2.88 bits per heavy atom. The molecule has 7 heteroatoms. The van der Waals surface area contributed by atoms with Crippen LogP contribution in [-0.2, 0) is 11.2 Å². The highest BCUT2D eigenvalue weighted by atomic mass is 32.1. The van der Waals surface area contributed by atoms with Crippen molar-refractivity contribution in [1.82, 2.24) is 14.9 Å². The summed E-state index contributed by atoms with van der Waals surface area (Å²) in [5.41, 5.74) is 6.79. The lowest BCUT2D eigenvalue weighted by Gasteiger charge is -2.32. The second-order valence-electron chi connectivity index (χ2n) is 6.84. The Bertz CT molecular complexity index is 737. The third-order valence-corrected chi connectivity index (χ3v) is 5.64. The number of nitrogens with zero attached hydrogens (tertiary/aromatic N) is 3. The number of piperidine rings is 1. The number of carbonyl (C=O) groups excluding carboxylic acids is 1. The van der Waals surface area contributed by atoms with E-state index >= 15 is 0 Å². The number of nitrogens with one attached hydrogen (secondary N) is 1. The average molecular weight is 374 g/mol. The van der Waals surface area contributed by atoms with Crippen LogP contribution in [0.2, 0.25) is 0 Å². The van der Waals surface area contributed by atoms with Gasteiger partial charge in [0.05, 0.1) is 6.04 Å². The van der Waals surface area contributed by atoms with Crippen molar-refractivity contribution in [3.05, 3.63) is 35.0 Å². The molecule has 0 bridgehead atoms. The quantitative estimate of drug-likeness (QED) is 0.812. The SMILES string of the molecule is CCCc1cnc(Nc2cccc(C3CCN(C(=O)[C@@H](C)N)CC3)n2)s1. The Balaban J connectivity index is 1.61. The van der Waals surface area contributed by atoms with Crippen LogP contribution in [-0.4, -0.2) is 39.9 Å². The lowest BCUT2D eigenvalue weighted by atomic mass is 9.92. The molecule has 1 aliphatic rings. The van der Waals surface area contributed by atoms with E-state index in [1.807, 2.05) is 23.2 Å². The van der Waals surface area contributed by atoms with E-state index in [1.165, 1.54) is 4.88 Å². The van der Waals surface area contributed by atoms with E-state index < -0.39 is 6.04 Å². The molecule has 0 unspecified atom stereocenters. The van der Waals surface area contributed by atoms with Gasteiger partial charge in [0.25, 0.3) is 0 Å². The van der Waals surface area contributed by atoms with Gasteiger partial charge in [0.1, 0.15) is 5.82 Å². The summed E-state index contributed by atoms with van der Waals surface area (Å²) in [6.45, 7) is 5.41. The topological polar surface area (TPSA) is 84.1 Å². The third-order valence-electron chi connectivity index (χ3n) is 4.67. The van der Waals surface area contributed by atoms with Crippen LogP contribution in [0.25, 0.3) is 0 Å². The lowest BCUT2D eigenvalue weighted by molar-refractivity contribution is -0.133. The Morgan fingerprint density at radius 1 is 1.42 bits per heavy atom. The van der Waals surface area contributed by atoms with Crippen LogP contribution < -0.4 is 11.1 Å². The molecular weight excluding hydrogens is 346 g/mol. The molecular formula is C19H27N5OS. The van der Waals surface area contributed by atoms with E-state index in [0.717, 1.165) is 55.4 Å². The molecule has 0 saturated carbocycles. The first-order valence-electron chi connectivity index (χ1n) is 9.30. The zero-order valence-corrected chi connectivity index (χ0v) is 16.3. The van der Waals surface area contributed by atoms with Crippen LogP contribution in [0.3, 0.4) is 0 Å². The number of anilines is 2. The summed E-state index contributed by atoms with van der Waals surface area (Å²) in [6.07, 6.45) is 5.97. The molecule has 3 rings (SSSR count). The molecule has 0 radical (unpaired) electrons. The van der Waals surface area contributed by atoms with Gasteiger partial charge in [-0.05, 0) is 38.3 Å². The highest BCUT2D eigenvalue weighted by molar-refractivity contribution is 7.15. The van der Waals surface area contributed by atoms with Crippen LogP contribution in [0.1, 0.15) is 49.6 Å².